The molecule has 0 saturated heterocycles. The van der Waals surface area contributed by atoms with E-state index in [-0.39, 0.29) is 5.41 Å². The number of rotatable bonds is 4. The standard InChI is InChI=1S/C12H12BrClN2/c13-10-2-1-9(14)7-11(10)16-8-12(3-4-12)5-6-15/h1-2,7,16H,3-5,8H2. The molecule has 1 fully saturated rings. The molecule has 0 unspecified atom stereocenters. The molecule has 2 nitrogen and oxygen atoms in total. The average Bonchev–Trinajstić information content (AvgIpc) is 3.01. The highest BCUT2D eigenvalue weighted by Gasteiger charge is 2.42. The van der Waals surface area contributed by atoms with E-state index in [2.05, 4.69) is 27.3 Å². The van der Waals surface area contributed by atoms with E-state index in [0.29, 0.717) is 6.42 Å². The van der Waals surface area contributed by atoms with Gasteiger partial charge in [-0.3, -0.25) is 0 Å². The molecular formula is C12H12BrClN2. The van der Waals surface area contributed by atoms with Crippen molar-refractivity contribution in [3.05, 3.63) is 27.7 Å². The summed E-state index contributed by atoms with van der Waals surface area (Å²) in [5, 5.41) is 12.8. The highest BCUT2D eigenvalue weighted by atomic mass is 79.9. The fraction of sp³-hybridized carbons (Fsp3) is 0.417. The quantitative estimate of drug-likeness (QED) is 0.904. The van der Waals surface area contributed by atoms with Crippen LogP contribution >= 0.6 is 27.5 Å². The first-order valence-electron chi connectivity index (χ1n) is 5.21. The van der Waals surface area contributed by atoms with Gasteiger partial charge in [0.1, 0.15) is 0 Å². The topological polar surface area (TPSA) is 35.8 Å². The average molecular weight is 300 g/mol. The van der Waals surface area contributed by atoms with Crippen molar-refractivity contribution < 1.29 is 0 Å². The highest BCUT2D eigenvalue weighted by molar-refractivity contribution is 9.10. The zero-order valence-corrected chi connectivity index (χ0v) is 11.1. The van der Waals surface area contributed by atoms with Crippen LogP contribution < -0.4 is 5.32 Å². The summed E-state index contributed by atoms with van der Waals surface area (Å²) in [6, 6.07) is 7.92. The number of halogens is 2. The molecule has 1 aromatic carbocycles. The van der Waals surface area contributed by atoms with E-state index in [4.69, 9.17) is 16.9 Å². The normalized spacial score (nSPS) is 16.6. The summed E-state index contributed by atoms with van der Waals surface area (Å²) in [6.45, 7) is 0.847. The summed E-state index contributed by atoms with van der Waals surface area (Å²) < 4.78 is 1.00. The van der Waals surface area contributed by atoms with Crippen molar-refractivity contribution in [3.8, 4) is 6.07 Å². The fourth-order valence-electron chi connectivity index (χ4n) is 1.68. The van der Waals surface area contributed by atoms with E-state index in [0.717, 1.165) is 34.6 Å². The molecule has 1 aliphatic rings. The third-order valence-corrected chi connectivity index (χ3v) is 3.92. The van der Waals surface area contributed by atoms with E-state index < -0.39 is 0 Å². The summed E-state index contributed by atoms with van der Waals surface area (Å²) in [5.41, 5.74) is 1.20. The SMILES string of the molecule is N#CCC1(CNc2cc(Cl)ccc2Br)CC1. The largest absolute Gasteiger partial charge is 0.383 e. The molecule has 2 rings (SSSR count). The van der Waals surface area contributed by atoms with Gasteiger partial charge >= 0.3 is 0 Å². The second-order valence-electron chi connectivity index (χ2n) is 4.31. The minimum Gasteiger partial charge on any atom is -0.383 e. The lowest BCUT2D eigenvalue weighted by atomic mass is 10.0. The molecule has 0 radical (unpaired) electrons. The Balaban J connectivity index is 2.00. The van der Waals surface area contributed by atoms with E-state index in [1.165, 1.54) is 0 Å². The van der Waals surface area contributed by atoms with Crippen LogP contribution in [0.2, 0.25) is 5.02 Å². The van der Waals surface area contributed by atoms with Crippen LogP contribution in [0.1, 0.15) is 19.3 Å². The van der Waals surface area contributed by atoms with Crippen LogP contribution in [0.25, 0.3) is 0 Å². The van der Waals surface area contributed by atoms with Crippen molar-refractivity contribution in [2.75, 3.05) is 11.9 Å². The lowest BCUT2D eigenvalue weighted by molar-refractivity contribution is 0.557. The van der Waals surface area contributed by atoms with E-state index in [1.807, 2.05) is 18.2 Å². The van der Waals surface area contributed by atoms with Gasteiger partial charge in [0.2, 0.25) is 0 Å². The molecule has 1 N–H and O–H groups in total. The predicted molar refractivity (Wildman–Crippen MR) is 69.5 cm³/mol. The van der Waals surface area contributed by atoms with Gasteiger partial charge in [-0.1, -0.05) is 11.6 Å². The third kappa shape index (κ3) is 2.69. The van der Waals surface area contributed by atoms with Crippen LogP contribution in [0, 0.1) is 16.7 Å². The van der Waals surface area contributed by atoms with Crippen molar-refractivity contribution >= 4 is 33.2 Å². The van der Waals surface area contributed by atoms with Gasteiger partial charge in [0.15, 0.2) is 0 Å². The number of hydrogen-bond acceptors (Lipinski definition) is 2. The Bertz CT molecular complexity index is 435. The summed E-state index contributed by atoms with van der Waals surface area (Å²) in [6.07, 6.45) is 2.93. The Kier molecular flexibility index (Phi) is 3.41. The molecule has 0 amide bonds. The molecule has 1 saturated carbocycles. The van der Waals surface area contributed by atoms with Crippen molar-refractivity contribution in [1.29, 1.82) is 5.26 Å². The van der Waals surface area contributed by atoms with Crippen molar-refractivity contribution in [2.24, 2.45) is 5.41 Å². The maximum Gasteiger partial charge on any atom is 0.0628 e. The molecule has 4 heteroatoms. The molecule has 0 atom stereocenters. The molecule has 16 heavy (non-hydrogen) atoms. The van der Waals surface area contributed by atoms with Crippen LogP contribution in [-0.2, 0) is 0 Å². The van der Waals surface area contributed by atoms with Gasteiger partial charge in [0, 0.05) is 33.6 Å². The molecular weight excluding hydrogens is 288 g/mol. The number of benzene rings is 1. The predicted octanol–water partition coefficient (Wildman–Crippen LogP) is 4.21. The van der Waals surface area contributed by atoms with Gasteiger partial charge < -0.3 is 5.32 Å². The number of anilines is 1. The first-order chi connectivity index (χ1) is 7.65. The monoisotopic (exact) mass is 298 g/mol. The second kappa shape index (κ2) is 4.65. The van der Waals surface area contributed by atoms with Gasteiger partial charge in [0.05, 0.1) is 6.07 Å². The number of nitriles is 1. The van der Waals surface area contributed by atoms with Gasteiger partial charge in [-0.25, -0.2) is 0 Å². The smallest absolute Gasteiger partial charge is 0.0628 e. The van der Waals surface area contributed by atoms with E-state index >= 15 is 0 Å². The number of hydrogen-bond donors (Lipinski definition) is 1. The van der Waals surface area contributed by atoms with Crippen LogP contribution in [0.15, 0.2) is 22.7 Å². The van der Waals surface area contributed by atoms with Gasteiger partial charge in [-0.15, -0.1) is 0 Å². The Morgan fingerprint density at radius 2 is 2.25 bits per heavy atom. The van der Waals surface area contributed by atoms with E-state index in [1.54, 1.807) is 0 Å². The zero-order valence-electron chi connectivity index (χ0n) is 8.76. The molecule has 0 heterocycles. The van der Waals surface area contributed by atoms with Crippen LogP contribution in [0.3, 0.4) is 0 Å². The zero-order chi connectivity index (χ0) is 11.6. The van der Waals surface area contributed by atoms with Gasteiger partial charge in [-0.2, -0.15) is 5.26 Å². The number of nitrogens with zero attached hydrogens (tertiary/aromatic N) is 1. The third-order valence-electron chi connectivity index (χ3n) is 2.99. The molecule has 84 valence electrons. The van der Waals surface area contributed by atoms with Crippen LogP contribution in [0.5, 0.6) is 0 Å². The van der Waals surface area contributed by atoms with Crippen molar-refractivity contribution in [3.63, 3.8) is 0 Å². The summed E-state index contributed by atoms with van der Waals surface area (Å²) in [7, 11) is 0. The molecule has 0 aromatic heterocycles. The molecule has 1 aromatic rings. The lowest BCUT2D eigenvalue weighted by Crippen LogP contribution is -2.15. The van der Waals surface area contributed by atoms with Gasteiger partial charge in [-0.05, 0) is 47.0 Å². The minimum atomic E-state index is 0.205. The highest BCUT2D eigenvalue weighted by Crippen LogP contribution is 2.48. The summed E-state index contributed by atoms with van der Waals surface area (Å²) >= 11 is 9.40. The Morgan fingerprint density at radius 1 is 1.50 bits per heavy atom. The fourth-order valence-corrected chi connectivity index (χ4v) is 2.24. The van der Waals surface area contributed by atoms with Crippen LogP contribution in [-0.4, -0.2) is 6.54 Å². The van der Waals surface area contributed by atoms with Crippen LogP contribution in [0.4, 0.5) is 5.69 Å². The van der Waals surface area contributed by atoms with E-state index in [9.17, 15) is 0 Å². The minimum absolute atomic E-state index is 0.205. The Labute approximate surface area is 109 Å². The maximum absolute atomic E-state index is 8.73. The molecule has 0 spiro atoms. The Hall–Kier alpha value is -0.720. The maximum atomic E-state index is 8.73. The molecule has 0 aliphatic heterocycles. The second-order valence-corrected chi connectivity index (χ2v) is 5.60. The van der Waals surface area contributed by atoms with Gasteiger partial charge in [0.25, 0.3) is 0 Å². The first-order valence-corrected chi connectivity index (χ1v) is 6.38. The molecule has 1 aliphatic carbocycles. The summed E-state index contributed by atoms with van der Waals surface area (Å²) in [4.78, 5) is 0. The number of nitrogens with one attached hydrogen (secondary N) is 1. The first kappa shape index (κ1) is 11.8. The Morgan fingerprint density at radius 3 is 2.88 bits per heavy atom. The lowest BCUT2D eigenvalue weighted by Gasteiger charge is -2.14. The van der Waals surface area contributed by atoms with Crippen molar-refractivity contribution in [1.82, 2.24) is 0 Å². The summed E-state index contributed by atoms with van der Waals surface area (Å²) in [5.74, 6) is 0. The van der Waals surface area contributed by atoms with Crippen molar-refractivity contribution in [2.45, 2.75) is 19.3 Å². The molecule has 0 bridgehead atoms.